The number of Topliss-reactive ketones (excluding diaryl/α,β-unsaturated/α-hetero) is 1. The molecule has 2 rings (SSSR count). The van der Waals surface area contributed by atoms with E-state index in [1.807, 2.05) is 0 Å². The molecule has 1 aliphatic rings. The molecule has 0 fully saturated rings. The van der Waals surface area contributed by atoms with Gasteiger partial charge in [-0.15, -0.1) is 0 Å². The van der Waals surface area contributed by atoms with Gasteiger partial charge in [-0.3, -0.25) is 9.10 Å². The van der Waals surface area contributed by atoms with Gasteiger partial charge in [-0.05, 0) is 37.1 Å². The molecule has 5 heteroatoms. The molecule has 0 saturated heterocycles. The molecular formula is C11H13NO3S. The van der Waals surface area contributed by atoms with E-state index >= 15 is 0 Å². The first kappa shape index (κ1) is 11.1. The molecule has 0 aromatic heterocycles. The van der Waals surface area contributed by atoms with Gasteiger partial charge in [0.15, 0.2) is 5.78 Å². The monoisotopic (exact) mass is 239 g/mol. The largest absolute Gasteiger partial charge is 0.295 e. The summed E-state index contributed by atoms with van der Waals surface area (Å²) in [6.45, 7) is 1.97. The third kappa shape index (κ3) is 1.82. The van der Waals surface area contributed by atoms with Crippen LogP contribution in [-0.4, -0.2) is 27.0 Å². The molecule has 0 atom stereocenters. The van der Waals surface area contributed by atoms with E-state index < -0.39 is 10.0 Å². The summed E-state index contributed by atoms with van der Waals surface area (Å²) in [6.07, 6.45) is 1.87. The summed E-state index contributed by atoms with van der Waals surface area (Å²) >= 11 is 0. The molecule has 4 nitrogen and oxygen atoms in total. The molecule has 0 bridgehead atoms. The summed E-state index contributed by atoms with van der Waals surface area (Å²) in [5, 5.41) is 0. The number of ketones is 1. The Balaban J connectivity index is 2.48. The molecular weight excluding hydrogens is 226 g/mol. The second-order valence-electron chi connectivity index (χ2n) is 3.98. The van der Waals surface area contributed by atoms with Gasteiger partial charge in [-0.25, -0.2) is 8.42 Å². The molecule has 0 spiro atoms. The Hall–Kier alpha value is -1.36. The van der Waals surface area contributed by atoms with Gasteiger partial charge >= 0.3 is 0 Å². The molecule has 1 aliphatic heterocycles. The highest BCUT2D eigenvalue weighted by Crippen LogP contribution is 2.30. The summed E-state index contributed by atoms with van der Waals surface area (Å²) in [5.74, 6) is 0.000561. The highest BCUT2D eigenvalue weighted by molar-refractivity contribution is 7.92. The number of anilines is 1. The van der Waals surface area contributed by atoms with Crippen LogP contribution in [0.1, 0.15) is 22.8 Å². The highest BCUT2D eigenvalue weighted by Gasteiger charge is 2.26. The van der Waals surface area contributed by atoms with Gasteiger partial charge in [-0.1, -0.05) is 0 Å². The maximum absolute atomic E-state index is 11.5. The first-order valence-electron chi connectivity index (χ1n) is 5.01. The summed E-state index contributed by atoms with van der Waals surface area (Å²) < 4.78 is 24.3. The predicted molar refractivity (Wildman–Crippen MR) is 62.3 cm³/mol. The van der Waals surface area contributed by atoms with Crippen molar-refractivity contribution in [2.45, 2.75) is 13.3 Å². The maximum atomic E-state index is 11.5. The first-order chi connectivity index (χ1) is 7.39. The number of rotatable bonds is 2. The van der Waals surface area contributed by atoms with E-state index in [-0.39, 0.29) is 5.78 Å². The maximum Gasteiger partial charge on any atom is 0.232 e. The number of benzene rings is 1. The molecule has 0 amide bonds. The minimum absolute atomic E-state index is 0.000561. The van der Waals surface area contributed by atoms with Crippen LogP contribution in [0.2, 0.25) is 0 Å². The molecule has 86 valence electrons. The normalized spacial score (nSPS) is 15.0. The van der Waals surface area contributed by atoms with Crippen molar-refractivity contribution in [3.8, 4) is 0 Å². The number of sulfonamides is 1. The van der Waals surface area contributed by atoms with Gasteiger partial charge in [-0.2, -0.15) is 0 Å². The molecule has 1 heterocycles. The van der Waals surface area contributed by atoms with Gasteiger partial charge < -0.3 is 0 Å². The van der Waals surface area contributed by atoms with E-state index in [2.05, 4.69) is 0 Å². The molecule has 0 unspecified atom stereocenters. The molecule has 0 N–H and O–H groups in total. The van der Waals surface area contributed by atoms with Crippen LogP contribution in [-0.2, 0) is 16.4 Å². The van der Waals surface area contributed by atoms with Crippen LogP contribution in [0.4, 0.5) is 5.69 Å². The van der Waals surface area contributed by atoms with Gasteiger partial charge in [0.05, 0.1) is 11.9 Å². The topological polar surface area (TPSA) is 54.5 Å². The van der Waals surface area contributed by atoms with Gasteiger partial charge in [0.2, 0.25) is 10.0 Å². The number of hydrogen-bond acceptors (Lipinski definition) is 3. The SMILES string of the molecule is CC(=O)c1ccc2c(c1)CCN2S(C)(=O)=O. The van der Waals surface area contributed by atoms with Crippen molar-refractivity contribution < 1.29 is 13.2 Å². The summed E-state index contributed by atoms with van der Waals surface area (Å²) in [5.41, 5.74) is 2.26. The average molecular weight is 239 g/mol. The fourth-order valence-corrected chi connectivity index (χ4v) is 2.89. The second-order valence-corrected chi connectivity index (χ2v) is 5.89. The van der Waals surface area contributed by atoms with Crippen LogP contribution in [0, 0.1) is 0 Å². The number of carbonyl (C=O) groups is 1. The summed E-state index contributed by atoms with van der Waals surface area (Å²) in [7, 11) is -3.20. The first-order valence-corrected chi connectivity index (χ1v) is 6.86. The smallest absolute Gasteiger partial charge is 0.232 e. The van der Waals surface area contributed by atoms with E-state index in [4.69, 9.17) is 0 Å². The Bertz CT molecular complexity index is 548. The number of nitrogens with zero attached hydrogens (tertiary/aromatic N) is 1. The minimum Gasteiger partial charge on any atom is -0.295 e. The highest BCUT2D eigenvalue weighted by atomic mass is 32.2. The van der Waals surface area contributed by atoms with Crippen LogP contribution in [0.25, 0.3) is 0 Å². The van der Waals surface area contributed by atoms with Crippen molar-refractivity contribution in [2.24, 2.45) is 0 Å². The Kier molecular flexibility index (Phi) is 2.50. The van der Waals surface area contributed by atoms with E-state index in [1.165, 1.54) is 17.5 Å². The van der Waals surface area contributed by atoms with Crippen molar-refractivity contribution in [3.05, 3.63) is 29.3 Å². The lowest BCUT2D eigenvalue weighted by atomic mass is 10.1. The molecule has 16 heavy (non-hydrogen) atoms. The second kappa shape index (κ2) is 3.59. The lowest BCUT2D eigenvalue weighted by Crippen LogP contribution is -2.27. The Morgan fingerprint density at radius 3 is 2.62 bits per heavy atom. The molecule has 1 aromatic carbocycles. The standard InChI is InChI=1S/C11H13NO3S/c1-8(13)9-3-4-11-10(7-9)5-6-12(11)16(2,14)15/h3-4,7H,5-6H2,1-2H3. The van der Waals surface area contributed by atoms with E-state index in [0.717, 1.165) is 5.56 Å². The molecule has 0 saturated carbocycles. The van der Waals surface area contributed by atoms with Crippen LogP contribution in [0.3, 0.4) is 0 Å². The zero-order valence-corrected chi connectivity index (χ0v) is 10.0. The molecule has 0 radical (unpaired) electrons. The van der Waals surface area contributed by atoms with Crippen molar-refractivity contribution >= 4 is 21.5 Å². The quantitative estimate of drug-likeness (QED) is 0.729. The van der Waals surface area contributed by atoms with Gasteiger partial charge in [0, 0.05) is 12.1 Å². The summed E-state index contributed by atoms with van der Waals surface area (Å²) in [4.78, 5) is 11.2. The fourth-order valence-electron chi connectivity index (χ4n) is 1.93. The van der Waals surface area contributed by atoms with Crippen molar-refractivity contribution in [3.63, 3.8) is 0 Å². The Morgan fingerprint density at radius 1 is 1.38 bits per heavy atom. The van der Waals surface area contributed by atoms with E-state index in [0.29, 0.717) is 24.2 Å². The number of fused-ring (bicyclic) bond motifs is 1. The van der Waals surface area contributed by atoms with Crippen molar-refractivity contribution in [2.75, 3.05) is 17.1 Å². The van der Waals surface area contributed by atoms with Crippen LogP contribution in [0.15, 0.2) is 18.2 Å². The Labute approximate surface area is 94.9 Å². The van der Waals surface area contributed by atoms with Crippen molar-refractivity contribution in [1.29, 1.82) is 0 Å². The third-order valence-electron chi connectivity index (χ3n) is 2.74. The van der Waals surface area contributed by atoms with Gasteiger partial charge in [0.25, 0.3) is 0 Å². The van der Waals surface area contributed by atoms with Crippen LogP contribution in [0.5, 0.6) is 0 Å². The number of hydrogen-bond donors (Lipinski definition) is 0. The Morgan fingerprint density at radius 2 is 2.06 bits per heavy atom. The minimum atomic E-state index is -3.20. The molecule has 1 aromatic rings. The third-order valence-corrected chi connectivity index (χ3v) is 3.92. The summed E-state index contributed by atoms with van der Waals surface area (Å²) in [6, 6.07) is 5.16. The number of carbonyl (C=O) groups excluding carboxylic acids is 1. The lowest BCUT2D eigenvalue weighted by Gasteiger charge is -2.16. The predicted octanol–water partition coefficient (Wildman–Crippen LogP) is 1.21. The lowest BCUT2D eigenvalue weighted by molar-refractivity contribution is 0.101. The van der Waals surface area contributed by atoms with E-state index in [1.54, 1.807) is 18.2 Å². The molecule has 0 aliphatic carbocycles. The van der Waals surface area contributed by atoms with E-state index in [9.17, 15) is 13.2 Å². The fraction of sp³-hybridized carbons (Fsp3) is 0.364. The van der Waals surface area contributed by atoms with Crippen LogP contribution >= 0.6 is 0 Å². The van der Waals surface area contributed by atoms with Gasteiger partial charge in [0.1, 0.15) is 0 Å². The van der Waals surface area contributed by atoms with Crippen LogP contribution < -0.4 is 4.31 Å². The average Bonchev–Trinajstić information content (AvgIpc) is 2.58. The van der Waals surface area contributed by atoms with Crippen molar-refractivity contribution in [1.82, 2.24) is 0 Å². The zero-order valence-electron chi connectivity index (χ0n) is 9.23. The zero-order chi connectivity index (χ0) is 11.9.